The second-order valence-electron chi connectivity index (χ2n) is 17.5. The fraction of sp³-hybridized carbons (Fsp3) is 0.471. The summed E-state index contributed by atoms with van der Waals surface area (Å²) in [6.07, 6.45) is 2.19. The standard InChI is InChI=1S/C33H45NO4.C13H15NO.C5H13NO2/c1-24(2)26-12-10-14-28(20-26)32(5,6)22-30(35)37-18-16-34(9)17-19-38-31(36)23-33(7,8)29-15-11-13-27(21-29)25(3)4;1-10(2)11-6-5-7-12(8-11)13(3,4)14-9-15;1-6(2-4-7)3-5-8/h10-15,20-21H,1,3,16-19,22-23H2,2,4-9H3;5-8H,1H2,2-4H3;7-8H,2-5H2,1H3. The highest BCUT2D eigenvalue weighted by molar-refractivity contribution is 5.72. The number of carbonyl (C=O) groups excluding carboxylic acids is 3. The number of aliphatic imine (C=N–C) groups is 1. The molecule has 0 saturated heterocycles. The third kappa shape index (κ3) is 20.4. The molecule has 0 aliphatic carbocycles. The van der Waals surface area contributed by atoms with Crippen molar-refractivity contribution in [3.8, 4) is 0 Å². The van der Waals surface area contributed by atoms with Gasteiger partial charge in [0, 0.05) is 37.0 Å². The molecule has 10 nitrogen and oxygen atoms in total. The zero-order chi connectivity index (χ0) is 46.4. The van der Waals surface area contributed by atoms with Crippen molar-refractivity contribution in [2.45, 2.75) is 91.5 Å². The smallest absolute Gasteiger partial charge is 0.306 e. The predicted molar refractivity (Wildman–Crippen MR) is 251 cm³/mol. The molecule has 3 aromatic rings. The largest absolute Gasteiger partial charge is 0.464 e. The highest BCUT2D eigenvalue weighted by Crippen LogP contribution is 2.31. The van der Waals surface area contributed by atoms with Crippen molar-refractivity contribution in [2.75, 3.05) is 66.7 Å². The molecule has 0 aliphatic heterocycles. The van der Waals surface area contributed by atoms with Crippen molar-refractivity contribution in [3.05, 3.63) is 126 Å². The van der Waals surface area contributed by atoms with E-state index in [9.17, 15) is 14.4 Å². The maximum absolute atomic E-state index is 12.5. The summed E-state index contributed by atoms with van der Waals surface area (Å²) in [6, 6.07) is 24.2. The molecule has 61 heavy (non-hydrogen) atoms. The Hall–Kier alpha value is -4.96. The van der Waals surface area contributed by atoms with Crippen LogP contribution in [0.4, 0.5) is 0 Å². The van der Waals surface area contributed by atoms with E-state index in [1.807, 2.05) is 147 Å². The Morgan fingerprint density at radius 2 is 0.934 bits per heavy atom. The molecule has 2 N–H and O–H groups in total. The van der Waals surface area contributed by atoms with E-state index in [4.69, 9.17) is 19.7 Å². The molecule has 3 rings (SSSR count). The number of nitrogens with zero attached hydrogens (tertiary/aromatic N) is 3. The van der Waals surface area contributed by atoms with Gasteiger partial charge in [0.05, 0.1) is 31.6 Å². The van der Waals surface area contributed by atoms with E-state index in [1.165, 1.54) is 0 Å². The number of carbonyl (C=O) groups is 2. The summed E-state index contributed by atoms with van der Waals surface area (Å²) >= 11 is 0. The molecule has 0 fully saturated rings. The topological polar surface area (TPSA) is 129 Å². The van der Waals surface area contributed by atoms with Crippen LogP contribution in [0.3, 0.4) is 0 Å². The summed E-state index contributed by atoms with van der Waals surface area (Å²) < 4.78 is 11.0. The number of esters is 2. The van der Waals surface area contributed by atoms with Crippen LogP contribution in [-0.2, 0) is 40.2 Å². The van der Waals surface area contributed by atoms with Crippen LogP contribution in [0.2, 0.25) is 0 Å². The molecule has 10 heteroatoms. The molecule has 0 amide bonds. The van der Waals surface area contributed by atoms with Gasteiger partial charge in [0.2, 0.25) is 6.08 Å². The number of hydrogen-bond donors (Lipinski definition) is 2. The summed E-state index contributed by atoms with van der Waals surface area (Å²) in [4.78, 5) is 43.0. The molecular weight excluding hydrogens is 767 g/mol. The molecule has 0 aromatic heterocycles. The monoisotopic (exact) mass is 840 g/mol. The third-order valence-electron chi connectivity index (χ3n) is 10.3. The molecule has 0 unspecified atom stereocenters. The Kier molecular flexibility index (Phi) is 23.4. The zero-order valence-corrected chi connectivity index (χ0v) is 38.9. The number of isocyanates is 1. The maximum atomic E-state index is 12.5. The minimum absolute atomic E-state index is 0.163. The zero-order valence-electron chi connectivity index (χ0n) is 38.9. The van der Waals surface area contributed by atoms with Crippen LogP contribution in [0.5, 0.6) is 0 Å². The Labute approximate surface area is 366 Å². The molecule has 0 spiro atoms. The van der Waals surface area contributed by atoms with Gasteiger partial charge in [-0.1, -0.05) is 131 Å². The minimum atomic E-state index is -0.521. The van der Waals surface area contributed by atoms with E-state index in [1.54, 1.807) is 6.08 Å². The second-order valence-corrected chi connectivity index (χ2v) is 17.5. The lowest BCUT2D eigenvalue weighted by atomic mass is 9.80. The summed E-state index contributed by atoms with van der Waals surface area (Å²) in [7, 11) is 3.77. The van der Waals surface area contributed by atoms with Crippen LogP contribution in [0.1, 0.15) is 109 Å². The number of aliphatic hydroxyl groups is 2. The van der Waals surface area contributed by atoms with E-state index < -0.39 is 5.54 Å². The van der Waals surface area contributed by atoms with Crippen molar-refractivity contribution in [1.29, 1.82) is 0 Å². The summed E-state index contributed by atoms with van der Waals surface area (Å²) in [5, 5.41) is 16.7. The van der Waals surface area contributed by atoms with Gasteiger partial charge in [-0.25, -0.2) is 4.79 Å². The fourth-order valence-electron chi connectivity index (χ4n) is 5.98. The Morgan fingerprint density at radius 1 is 0.607 bits per heavy atom. The van der Waals surface area contributed by atoms with E-state index in [0.717, 1.165) is 50.1 Å². The quantitative estimate of drug-likeness (QED) is 0.0614. The van der Waals surface area contributed by atoms with Crippen LogP contribution >= 0.6 is 0 Å². The summed E-state index contributed by atoms with van der Waals surface area (Å²) in [5.41, 5.74) is 8.17. The van der Waals surface area contributed by atoms with Crippen LogP contribution in [-0.4, -0.2) is 105 Å². The molecule has 0 radical (unpaired) electrons. The van der Waals surface area contributed by atoms with Gasteiger partial charge in [-0.3, -0.25) is 14.5 Å². The number of benzene rings is 3. The lowest BCUT2D eigenvalue weighted by Gasteiger charge is -2.25. The van der Waals surface area contributed by atoms with Gasteiger partial charge >= 0.3 is 11.9 Å². The molecule has 3 aromatic carbocycles. The molecule has 0 heterocycles. The van der Waals surface area contributed by atoms with Gasteiger partial charge in [0.15, 0.2) is 0 Å². The van der Waals surface area contributed by atoms with Crippen molar-refractivity contribution >= 4 is 34.7 Å². The van der Waals surface area contributed by atoms with Gasteiger partial charge in [-0.2, -0.15) is 4.99 Å². The number of ether oxygens (including phenoxy) is 2. The van der Waals surface area contributed by atoms with Crippen molar-refractivity contribution in [2.24, 2.45) is 4.99 Å². The molecular formula is C51H73N3O7. The molecule has 0 saturated carbocycles. The van der Waals surface area contributed by atoms with Gasteiger partial charge in [-0.15, -0.1) is 0 Å². The predicted octanol–water partition coefficient (Wildman–Crippen LogP) is 9.00. The molecule has 0 aliphatic rings. The van der Waals surface area contributed by atoms with Crippen LogP contribution in [0.25, 0.3) is 16.7 Å². The third-order valence-corrected chi connectivity index (χ3v) is 10.3. The first-order valence-corrected chi connectivity index (χ1v) is 20.8. The van der Waals surface area contributed by atoms with Gasteiger partial charge in [-0.05, 0) is 88.2 Å². The number of hydrogen-bond acceptors (Lipinski definition) is 10. The Bertz CT molecular complexity index is 1850. The second kappa shape index (κ2) is 26.4. The molecule has 0 bridgehead atoms. The van der Waals surface area contributed by atoms with E-state index in [-0.39, 0.29) is 49.2 Å². The minimum Gasteiger partial charge on any atom is -0.464 e. The van der Waals surface area contributed by atoms with E-state index in [0.29, 0.717) is 39.0 Å². The fourth-order valence-corrected chi connectivity index (χ4v) is 5.98. The summed E-state index contributed by atoms with van der Waals surface area (Å²) in [6.45, 7) is 33.1. The van der Waals surface area contributed by atoms with Crippen LogP contribution < -0.4 is 0 Å². The SMILES string of the molecule is C=C(C)c1cccc(C(C)(C)CC(=O)OCCN(C)CCOC(=O)CC(C)(C)c2cccc(C(=C)C)c2)c1.C=C(C)c1cccc(C(C)(C)N=C=O)c1.CN(CCO)CCO. The first-order chi connectivity index (χ1) is 28.5. The number of allylic oxidation sites excluding steroid dienone is 3. The number of aliphatic hydroxyl groups excluding tert-OH is 2. The van der Waals surface area contributed by atoms with E-state index in [2.05, 4.69) is 36.9 Å². The average Bonchev–Trinajstić information content (AvgIpc) is 3.18. The maximum Gasteiger partial charge on any atom is 0.306 e. The highest BCUT2D eigenvalue weighted by atomic mass is 16.5. The van der Waals surface area contributed by atoms with Crippen molar-refractivity contribution in [3.63, 3.8) is 0 Å². The van der Waals surface area contributed by atoms with E-state index >= 15 is 0 Å². The first-order valence-electron chi connectivity index (χ1n) is 20.8. The lowest BCUT2D eigenvalue weighted by Crippen LogP contribution is -2.30. The van der Waals surface area contributed by atoms with Crippen molar-refractivity contribution < 1.29 is 34.1 Å². The summed E-state index contributed by atoms with van der Waals surface area (Å²) in [5.74, 6) is -0.456. The van der Waals surface area contributed by atoms with Gasteiger partial charge in [0.1, 0.15) is 13.2 Å². The number of likely N-dealkylation sites (N-methyl/N-ethyl adjacent to an activating group) is 2. The van der Waals surface area contributed by atoms with Crippen LogP contribution in [0.15, 0.2) is 97.5 Å². The van der Waals surface area contributed by atoms with Crippen molar-refractivity contribution in [1.82, 2.24) is 9.80 Å². The highest BCUT2D eigenvalue weighted by Gasteiger charge is 2.27. The first kappa shape index (κ1) is 54.1. The van der Waals surface area contributed by atoms with Gasteiger partial charge in [0.25, 0.3) is 0 Å². The molecule has 0 atom stereocenters. The Balaban J connectivity index is 0.000000657. The lowest BCUT2D eigenvalue weighted by molar-refractivity contribution is -0.145. The normalized spacial score (nSPS) is 11.3. The van der Waals surface area contributed by atoms with Crippen LogP contribution in [0, 0.1) is 0 Å². The molecule has 334 valence electrons. The Morgan fingerprint density at radius 3 is 1.26 bits per heavy atom. The van der Waals surface area contributed by atoms with Gasteiger partial charge < -0.3 is 24.6 Å². The number of rotatable bonds is 21. The average molecular weight is 840 g/mol.